The summed E-state index contributed by atoms with van der Waals surface area (Å²) in [6, 6.07) is 0.412. The van der Waals surface area contributed by atoms with Crippen LogP contribution in [0.1, 0.15) is 48.4 Å². The first-order valence-electron chi connectivity index (χ1n) is 7.67. The molecule has 1 N–H and O–H groups in total. The molecule has 2 aliphatic rings. The van der Waals surface area contributed by atoms with E-state index in [-0.39, 0.29) is 12.7 Å². The standard InChI is InChI=1S/C15H24N2O2S/c1-11-10-19-13(9-18)7-17(11)8-14-6-16-15(20-14)12-4-2-3-5-12/h6,11-13,18H,2-5,7-10H2,1H3. The van der Waals surface area contributed by atoms with Gasteiger partial charge in [-0.2, -0.15) is 0 Å². The highest BCUT2D eigenvalue weighted by Crippen LogP contribution is 2.36. The Hall–Kier alpha value is -0.490. The van der Waals surface area contributed by atoms with Gasteiger partial charge in [0, 0.05) is 36.1 Å². The molecule has 4 nitrogen and oxygen atoms in total. The Morgan fingerprint density at radius 3 is 3.00 bits per heavy atom. The fourth-order valence-corrected chi connectivity index (χ4v) is 4.28. The molecule has 1 saturated heterocycles. The van der Waals surface area contributed by atoms with Gasteiger partial charge in [0.1, 0.15) is 0 Å². The van der Waals surface area contributed by atoms with Gasteiger partial charge < -0.3 is 9.84 Å². The highest BCUT2D eigenvalue weighted by molar-refractivity contribution is 7.11. The molecule has 0 amide bonds. The van der Waals surface area contributed by atoms with E-state index in [1.54, 1.807) is 0 Å². The smallest absolute Gasteiger partial charge is 0.0959 e. The van der Waals surface area contributed by atoms with Crippen LogP contribution in [0, 0.1) is 0 Å². The lowest BCUT2D eigenvalue weighted by Crippen LogP contribution is -2.48. The normalized spacial score (nSPS) is 29.1. The van der Waals surface area contributed by atoms with E-state index < -0.39 is 0 Å². The summed E-state index contributed by atoms with van der Waals surface area (Å²) in [5.74, 6) is 0.709. The van der Waals surface area contributed by atoms with Crippen molar-refractivity contribution in [1.29, 1.82) is 0 Å². The minimum Gasteiger partial charge on any atom is -0.394 e. The summed E-state index contributed by atoms with van der Waals surface area (Å²) in [7, 11) is 0. The van der Waals surface area contributed by atoms with Crippen LogP contribution in [-0.2, 0) is 11.3 Å². The maximum Gasteiger partial charge on any atom is 0.0959 e. The van der Waals surface area contributed by atoms with Crippen LogP contribution in [0.4, 0.5) is 0 Å². The van der Waals surface area contributed by atoms with E-state index in [2.05, 4.69) is 23.0 Å². The van der Waals surface area contributed by atoms with Crippen molar-refractivity contribution in [3.8, 4) is 0 Å². The van der Waals surface area contributed by atoms with E-state index in [0.717, 1.165) is 13.1 Å². The Balaban J connectivity index is 1.61. The summed E-state index contributed by atoms with van der Waals surface area (Å²) in [5, 5.41) is 10.6. The van der Waals surface area contributed by atoms with Gasteiger partial charge in [-0.05, 0) is 19.8 Å². The Morgan fingerprint density at radius 1 is 1.45 bits per heavy atom. The number of hydrogen-bond donors (Lipinski definition) is 1. The summed E-state index contributed by atoms with van der Waals surface area (Å²) in [6.07, 6.45) is 7.36. The van der Waals surface area contributed by atoms with E-state index in [9.17, 15) is 5.11 Å². The molecule has 1 saturated carbocycles. The first-order chi connectivity index (χ1) is 9.76. The predicted octanol–water partition coefficient (Wildman–Crippen LogP) is 2.38. The topological polar surface area (TPSA) is 45.6 Å². The van der Waals surface area contributed by atoms with Gasteiger partial charge in [-0.3, -0.25) is 4.90 Å². The van der Waals surface area contributed by atoms with Crippen LogP contribution in [-0.4, -0.2) is 46.9 Å². The van der Waals surface area contributed by atoms with E-state index >= 15 is 0 Å². The highest BCUT2D eigenvalue weighted by atomic mass is 32.1. The first-order valence-corrected chi connectivity index (χ1v) is 8.49. The number of rotatable bonds is 4. The molecule has 20 heavy (non-hydrogen) atoms. The fraction of sp³-hybridized carbons (Fsp3) is 0.800. The van der Waals surface area contributed by atoms with Gasteiger partial charge in [0.05, 0.1) is 24.3 Å². The van der Waals surface area contributed by atoms with Crippen molar-refractivity contribution in [1.82, 2.24) is 9.88 Å². The molecular weight excluding hydrogens is 272 g/mol. The van der Waals surface area contributed by atoms with Gasteiger partial charge in [0.15, 0.2) is 0 Å². The summed E-state index contributed by atoms with van der Waals surface area (Å²) in [5.41, 5.74) is 0. The van der Waals surface area contributed by atoms with Crippen molar-refractivity contribution >= 4 is 11.3 Å². The van der Waals surface area contributed by atoms with Crippen molar-refractivity contribution in [2.45, 2.75) is 57.2 Å². The molecule has 112 valence electrons. The van der Waals surface area contributed by atoms with Crippen LogP contribution in [0.25, 0.3) is 0 Å². The molecule has 0 aromatic carbocycles. The quantitative estimate of drug-likeness (QED) is 0.926. The first kappa shape index (κ1) is 14.4. The molecule has 1 aliphatic carbocycles. The maximum atomic E-state index is 9.25. The lowest BCUT2D eigenvalue weighted by atomic mass is 10.1. The van der Waals surface area contributed by atoms with E-state index in [4.69, 9.17) is 4.74 Å². The van der Waals surface area contributed by atoms with E-state index in [1.165, 1.54) is 35.6 Å². The minimum absolute atomic E-state index is 0.0339. The highest BCUT2D eigenvalue weighted by Gasteiger charge is 2.26. The lowest BCUT2D eigenvalue weighted by Gasteiger charge is -2.37. The molecular formula is C15H24N2O2S. The molecule has 1 aromatic rings. The summed E-state index contributed by atoms with van der Waals surface area (Å²) in [4.78, 5) is 8.38. The number of nitrogens with zero attached hydrogens (tertiary/aromatic N) is 2. The molecule has 2 fully saturated rings. The zero-order valence-electron chi connectivity index (χ0n) is 12.1. The minimum atomic E-state index is -0.0339. The molecule has 1 aliphatic heterocycles. The molecule has 3 rings (SSSR count). The zero-order chi connectivity index (χ0) is 13.9. The Bertz CT molecular complexity index is 431. The van der Waals surface area contributed by atoms with Gasteiger partial charge in [-0.25, -0.2) is 4.98 Å². The average molecular weight is 296 g/mol. The Morgan fingerprint density at radius 2 is 2.25 bits per heavy atom. The van der Waals surface area contributed by atoms with Gasteiger partial charge in [-0.15, -0.1) is 11.3 Å². The van der Waals surface area contributed by atoms with Crippen LogP contribution >= 0.6 is 11.3 Å². The summed E-state index contributed by atoms with van der Waals surface area (Å²) < 4.78 is 5.59. The number of thiazole rings is 1. The van der Waals surface area contributed by atoms with Crippen molar-refractivity contribution in [3.05, 3.63) is 16.1 Å². The molecule has 0 bridgehead atoms. The molecule has 5 heteroatoms. The van der Waals surface area contributed by atoms with Crippen LogP contribution in [0.5, 0.6) is 0 Å². The van der Waals surface area contributed by atoms with Gasteiger partial charge in [0.25, 0.3) is 0 Å². The van der Waals surface area contributed by atoms with Gasteiger partial charge >= 0.3 is 0 Å². The Kier molecular flexibility index (Phi) is 4.71. The van der Waals surface area contributed by atoms with Crippen LogP contribution < -0.4 is 0 Å². The lowest BCUT2D eigenvalue weighted by molar-refractivity contribution is -0.0803. The average Bonchev–Trinajstić information content (AvgIpc) is 3.12. The van der Waals surface area contributed by atoms with E-state index in [1.807, 2.05) is 11.3 Å². The van der Waals surface area contributed by atoms with Crippen LogP contribution in [0.3, 0.4) is 0 Å². The monoisotopic (exact) mass is 296 g/mol. The van der Waals surface area contributed by atoms with Gasteiger partial charge in [0.2, 0.25) is 0 Å². The van der Waals surface area contributed by atoms with E-state index in [0.29, 0.717) is 18.6 Å². The fourth-order valence-electron chi connectivity index (χ4n) is 3.16. The second-order valence-electron chi connectivity index (χ2n) is 6.06. The number of aliphatic hydroxyl groups is 1. The van der Waals surface area contributed by atoms with Crippen LogP contribution in [0.2, 0.25) is 0 Å². The molecule has 2 unspecified atom stereocenters. The summed E-state index contributed by atoms with van der Waals surface area (Å²) in [6.45, 7) is 4.75. The zero-order valence-corrected chi connectivity index (χ0v) is 12.9. The molecule has 2 atom stereocenters. The number of morpholine rings is 1. The SMILES string of the molecule is CC1COC(CO)CN1Cc1cnc(C2CCCC2)s1. The second-order valence-corrected chi connectivity index (χ2v) is 7.21. The van der Waals surface area contributed by atoms with Gasteiger partial charge in [-0.1, -0.05) is 12.8 Å². The third kappa shape index (κ3) is 3.22. The molecule has 2 heterocycles. The number of aromatic nitrogens is 1. The van der Waals surface area contributed by atoms with Crippen molar-refractivity contribution in [3.63, 3.8) is 0 Å². The van der Waals surface area contributed by atoms with Crippen LogP contribution in [0.15, 0.2) is 6.20 Å². The summed E-state index contributed by atoms with van der Waals surface area (Å²) >= 11 is 1.88. The Labute approximate surface area is 124 Å². The number of ether oxygens (including phenoxy) is 1. The van der Waals surface area contributed by atoms with Crippen molar-refractivity contribution < 1.29 is 9.84 Å². The second kappa shape index (κ2) is 6.52. The number of hydrogen-bond acceptors (Lipinski definition) is 5. The maximum absolute atomic E-state index is 9.25. The van der Waals surface area contributed by atoms with Crippen molar-refractivity contribution in [2.75, 3.05) is 19.8 Å². The molecule has 0 spiro atoms. The number of aliphatic hydroxyl groups excluding tert-OH is 1. The largest absolute Gasteiger partial charge is 0.394 e. The predicted molar refractivity (Wildman–Crippen MR) is 80.0 cm³/mol. The molecule has 1 aromatic heterocycles. The molecule has 0 radical (unpaired) electrons. The third-order valence-electron chi connectivity index (χ3n) is 4.47. The van der Waals surface area contributed by atoms with Crippen molar-refractivity contribution in [2.24, 2.45) is 0 Å². The third-order valence-corrected chi connectivity index (χ3v) is 5.62.